The maximum atomic E-state index is 12.9. The van der Waals surface area contributed by atoms with Gasteiger partial charge in [-0.2, -0.15) is 0 Å². The molecule has 0 fully saturated rings. The van der Waals surface area contributed by atoms with Crippen LogP contribution in [0.3, 0.4) is 0 Å². The van der Waals surface area contributed by atoms with Gasteiger partial charge < -0.3 is 0 Å². The number of alkyl halides is 1. The van der Waals surface area contributed by atoms with Gasteiger partial charge in [-0.3, -0.25) is 0 Å². The van der Waals surface area contributed by atoms with Crippen LogP contribution in [0.15, 0.2) is 16.6 Å². The number of benzene rings is 1. The van der Waals surface area contributed by atoms with Crippen molar-refractivity contribution in [2.75, 3.05) is 5.33 Å². The first-order chi connectivity index (χ1) is 6.15. The van der Waals surface area contributed by atoms with Crippen LogP contribution >= 0.6 is 31.9 Å². The van der Waals surface area contributed by atoms with Gasteiger partial charge in [-0.15, -0.1) is 0 Å². The van der Waals surface area contributed by atoms with Gasteiger partial charge in [-0.25, -0.2) is 8.78 Å². The summed E-state index contributed by atoms with van der Waals surface area (Å²) in [5.41, 5.74) is 0.331. The van der Waals surface area contributed by atoms with Crippen LogP contribution in [-0.2, 0) is 0 Å². The highest BCUT2D eigenvalue weighted by Crippen LogP contribution is 2.20. The Hall–Kier alpha value is -0.400. The Morgan fingerprint density at radius 3 is 2.23 bits per heavy atom. The van der Waals surface area contributed by atoms with E-state index < -0.39 is 11.6 Å². The van der Waals surface area contributed by atoms with Crippen LogP contribution in [0, 0.1) is 23.5 Å². The monoisotopic (exact) mass is 308 g/mol. The summed E-state index contributed by atoms with van der Waals surface area (Å²) < 4.78 is 25.6. The number of hydrogen-bond donors (Lipinski definition) is 0. The SMILES string of the molecule is Fc1cc(C#CCBr)cc(F)c1Br. The molecule has 0 unspecified atom stereocenters. The molecule has 1 aromatic rings. The van der Waals surface area contributed by atoms with Crippen LogP contribution in [-0.4, -0.2) is 5.33 Å². The molecule has 0 radical (unpaired) electrons. The zero-order valence-corrected chi connectivity index (χ0v) is 9.55. The summed E-state index contributed by atoms with van der Waals surface area (Å²) in [7, 11) is 0. The standard InChI is InChI=1S/C9H4Br2F2/c10-3-1-2-6-4-7(12)9(11)8(13)5-6/h4-5H,3H2. The summed E-state index contributed by atoms with van der Waals surface area (Å²) in [4.78, 5) is 0. The highest BCUT2D eigenvalue weighted by molar-refractivity contribution is 9.10. The molecule has 0 spiro atoms. The van der Waals surface area contributed by atoms with E-state index in [9.17, 15) is 8.78 Å². The van der Waals surface area contributed by atoms with Crippen LogP contribution in [0.2, 0.25) is 0 Å². The molecule has 0 atom stereocenters. The fraction of sp³-hybridized carbons (Fsp3) is 0.111. The third-order valence-corrected chi connectivity index (χ3v) is 2.32. The molecular formula is C9H4Br2F2. The Bertz CT molecular complexity index is 354. The molecular weight excluding hydrogens is 306 g/mol. The maximum Gasteiger partial charge on any atom is 0.141 e. The molecule has 4 heteroatoms. The van der Waals surface area contributed by atoms with E-state index in [4.69, 9.17) is 0 Å². The fourth-order valence-corrected chi connectivity index (χ4v) is 1.13. The first-order valence-electron chi connectivity index (χ1n) is 3.34. The van der Waals surface area contributed by atoms with Crippen molar-refractivity contribution in [3.8, 4) is 11.8 Å². The minimum Gasteiger partial charge on any atom is -0.206 e. The van der Waals surface area contributed by atoms with E-state index in [0.717, 1.165) is 0 Å². The van der Waals surface area contributed by atoms with Crippen molar-refractivity contribution in [1.82, 2.24) is 0 Å². The number of halogens is 4. The first-order valence-corrected chi connectivity index (χ1v) is 5.26. The average Bonchev–Trinajstić information content (AvgIpc) is 2.10. The van der Waals surface area contributed by atoms with Crippen molar-refractivity contribution in [3.05, 3.63) is 33.8 Å². The molecule has 0 aromatic heterocycles. The Balaban J connectivity index is 3.13. The van der Waals surface area contributed by atoms with Gasteiger partial charge in [0.2, 0.25) is 0 Å². The predicted octanol–water partition coefficient (Wildman–Crippen LogP) is 3.47. The number of rotatable bonds is 0. The second kappa shape index (κ2) is 4.73. The maximum absolute atomic E-state index is 12.9. The smallest absolute Gasteiger partial charge is 0.141 e. The van der Waals surface area contributed by atoms with E-state index in [2.05, 4.69) is 43.7 Å². The van der Waals surface area contributed by atoms with E-state index in [1.165, 1.54) is 12.1 Å². The lowest BCUT2D eigenvalue weighted by atomic mass is 10.2. The highest BCUT2D eigenvalue weighted by Gasteiger charge is 2.06. The Kier molecular flexibility index (Phi) is 3.89. The largest absolute Gasteiger partial charge is 0.206 e. The van der Waals surface area contributed by atoms with Gasteiger partial charge >= 0.3 is 0 Å². The summed E-state index contributed by atoms with van der Waals surface area (Å²) in [6.45, 7) is 0. The Labute approximate surface area is 91.6 Å². The molecule has 0 aliphatic rings. The molecule has 0 saturated heterocycles. The summed E-state index contributed by atoms with van der Waals surface area (Å²) in [5.74, 6) is 3.98. The van der Waals surface area contributed by atoms with Crippen molar-refractivity contribution in [2.24, 2.45) is 0 Å². The van der Waals surface area contributed by atoms with Gasteiger partial charge in [0.25, 0.3) is 0 Å². The van der Waals surface area contributed by atoms with Crippen LogP contribution < -0.4 is 0 Å². The molecule has 1 rings (SSSR count). The number of hydrogen-bond acceptors (Lipinski definition) is 0. The molecule has 0 amide bonds. The van der Waals surface area contributed by atoms with Crippen LogP contribution in [0.4, 0.5) is 8.78 Å². The van der Waals surface area contributed by atoms with Crippen LogP contribution in [0.5, 0.6) is 0 Å². The Morgan fingerprint density at radius 2 is 1.77 bits per heavy atom. The van der Waals surface area contributed by atoms with Crippen molar-refractivity contribution < 1.29 is 8.78 Å². The van der Waals surface area contributed by atoms with Crippen molar-refractivity contribution in [3.63, 3.8) is 0 Å². The summed E-state index contributed by atoms with van der Waals surface area (Å²) in [5, 5.41) is 0.478. The van der Waals surface area contributed by atoms with Gasteiger partial charge in [-0.1, -0.05) is 27.8 Å². The van der Waals surface area contributed by atoms with Crippen molar-refractivity contribution in [1.29, 1.82) is 0 Å². The fourth-order valence-electron chi connectivity index (χ4n) is 0.763. The molecule has 0 saturated carbocycles. The van der Waals surface area contributed by atoms with E-state index in [-0.39, 0.29) is 4.47 Å². The zero-order valence-electron chi connectivity index (χ0n) is 6.37. The third-order valence-electron chi connectivity index (χ3n) is 1.28. The molecule has 13 heavy (non-hydrogen) atoms. The minimum absolute atomic E-state index is 0.156. The molecule has 68 valence electrons. The lowest BCUT2D eigenvalue weighted by Gasteiger charge is -1.97. The molecule has 0 heterocycles. The summed E-state index contributed by atoms with van der Waals surface area (Å²) in [6.07, 6.45) is 0. The van der Waals surface area contributed by atoms with Crippen molar-refractivity contribution in [2.45, 2.75) is 0 Å². The average molecular weight is 310 g/mol. The van der Waals surface area contributed by atoms with Gasteiger partial charge in [0.1, 0.15) is 11.6 Å². The molecule has 1 aromatic carbocycles. The zero-order chi connectivity index (χ0) is 9.84. The molecule has 0 nitrogen and oxygen atoms in total. The Morgan fingerprint density at radius 1 is 1.23 bits per heavy atom. The molecule has 0 aliphatic heterocycles. The van der Waals surface area contributed by atoms with E-state index in [1.807, 2.05) is 0 Å². The summed E-state index contributed by atoms with van der Waals surface area (Å²) in [6, 6.07) is 2.37. The third kappa shape index (κ3) is 2.78. The normalized spacial score (nSPS) is 9.23. The quantitative estimate of drug-likeness (QED) is 0.391. The second-order valence-electron chi connectivity index (χ2n) is 2.19. The van der Waals surface area contributed by atoms with E-state index in [0.29, 0.717) is 10.9 Å². The lowest BCUT2D eigenvalue weighted by Crippen LogP contribution is -1.86. The molecule has 0 bridgehead atoms. The van der Waals surface area contributed by atoms with Gasteiger partial charge in [0.15, 0.2) is 0 Å². The molecule has 0 N–H and O–H groups in total. The highest BCUT2D eigenvalue weighted by atomic mass is 79.9. The lowest BCUT2D eigenvalue weighted by molar-refractivity contribution is 0.571. The topological polar surface area (TPSA) is 0 Å². The van der Waals surface area contributed by atoms with Crippen molar-refractivity contribution >= 4 is 31.9 Å². The summed E-state index contributed by atoms with van der Waals surface area (Å²) >= 11 is 5.86. The van der Waals surface area contributed by atoms with E-state index >= 15 is 0 Å². The molecule has 0 aliphatic carbocycles. The minimum atomic E-state index is -0.640. The van der Waals surface area contributed by atoms with Gasteiger partial charge in [-0.05, 0) is 28.1 Å². The predicted molar refractivity (Wildman–Crippen MR) is 54.7 cm³/mol. The first kappa shape index (κ1) is 10.7. The second-order valence-corrected chi connectivity index (χ2v) is 3.54. The van der Waals surface area contributed by atoms with Gasteiger partial charge in [0.05, 0.1) is 9.80 Å². The van der Waals surface area contributed by atoms with Gasteiger partial charge in [0, 0.05) is 5.56 Å². The van der Waals surface area contributed by atoms with Crippen LogP contribution in [0.1, 0.15) is 5.56 Å². The van der Waals surface area contributed by atoms with Crippen LogP contribution in [0.25, 0.3) is 0 Å². The van der Waals surface area contributed by atoms with E-state index in [1.54, 1.807) is 0 Å².